The van der Waals surface area contributed by atoms with E-state index in [-0.39, 0.29) is 23.6 Å². The second kappa shape index (κ2) is 8.19. The molecule has 5 nitrogen and oxygen atoms in total. The first-order valence-corrected chi connectivity index (χ1v) is 8.72. The van der Waals surface area contributed by atoms with Crippen LogP contribution in [-0.2, 0) is 16.0 Å². The molecular weight excluding hydrogens is 298 g/mol. The molecule has 1 aliphatic heterocycles. The summed E-state index contributed by atoms with van der Waals surface area (Å²) >= 11 is 1.28. The zero-order chi connectivity index (χ0) is 15.9. The second-order valence-corrected chi connectivity index (χ2v) is 6.35. The van der Waals surface area contributed by atoms with Crippen LogP contribution in [0.5, 0.6) is 0 Å². The number of nitrogens with two attached hydrogens (primary N) is 1. The summed E-state index contributed by atoms with van der Waals surface area (Å²) in [7, 11) is 0. The smallest absolute Gasteiger partial charge is 0.233 e. The molecule has 3 N–H and O–H groups in total. The van der Waals surface area contributed by atoms with Crippen LogP contribution in [0.3, 0.4) is 0 Å². The number of piperazine rings is 1. The van der Waals surface area contributed by atoms with Crippen LogP contribution in [-0.4, -0.2) is 47.9 Å². The predicted octanol–water partition coefficient (Wildman–Crippen LogP) is 0.940. The van der Waals surface area contributed by atoms with Gasteiger partial charge in [-0.15, -0.1) is 11.8 Å². The number of hydrogen-bond acceptors (Lipinski definition) is 4. The van der Waals surface area contributed by atoms with Gasteiger partial charge < -0.3 is 16.0 Å². The Bertz CT molecular complexity index is 519. The van der Waals surface area contributed by atoms with E-state index < -0.39 is 0 Å². The number of primary amides is 1. The minimum absolute atomic E-state index is 0.0568. The molecule has 0 aromatic heterocycles. The zero-order valence-electron chi connectivity index (χ0n) is 12.9. The maximum atomic E-state index is 12.4. The summed E-state index contributed by atoms with van der Waals surface area (Å²) < 4.78 is 0. The van der Waals surface area contributed by atoms with Crippen LogP contribution in [0.1, 0.15) is 24.1 Å². The van der Waals surface area contributed by atoms with Gasteiger partial charge in [-0.25, -0.2) is 0 Å². The van der Waals surface area contributed by atoms with Gasteiger partial charge in [0.25, 0.3) is 0 Å². The number of carbonyl (C=O) groups excluding carboxylic acids is 2. The van der Waals surface area contributed by atoms with Crippen LogP contribution in [0, 0.1) is 0 Å². The molecular formula is C16H23N3O2S. The lowest BCUT2D eigenvalue weighted by Crippen LogP contribution is -2.49. The molecule has 1 fully saturated rings. The van der Waals surface area contributed by atoms with Crippen LogP contribution in [0.25, 0.3) is 0 Å². The predicted molar refractivity (Wildman–Crippen MR) is 89.7 cm³/mol. The van der Waals surface area contributed by atoms with Crippen molar-refractivity contribution in [1.29, 1.82) is 0 Å². The maximum Gasteiger partial charge on any atom is 0.233 e. The van der Waals surface area contributed by atoms with Crippen molar-refractivity contribution in [2.24, 2.45) is 5.73 Å². The highest BCUT2D eigenvalue weighted by molar-refractivity contribution is 8.00. The first-order chi connectivity index (χ1) is 10.6. The number of nitrogens with zero attached hydrogens (tertiary/aromatic N) is 1. The van der Waals surface area contributed by atoms with Crippen molar-refractivity contribution in [3.8, 4) is 0 Å². The third-order valence-electron chi connectivity index (χ3n) is 3.81. The molecule has 0 aliphatic carbocycles. The van der Waals surface area contributed by atoms with Gasteiger partial charge in [0.05, 0.1) is 17.5 Å². The van der Waals surface area contributed by atoms with Gasteiger partial charge in [-0.05, 0) is 17.5 Å². The Morgan fingerprint density at radius 1 is 1.32 bits per heavy atom. The van der Waals surface area contributed by atoms with Gasteiger partial charge >= 0.3 is 0 Å². The Morgan fingerprint density at radius 2 is 2.05 bits per heavy atom. The third-order valence-corrected chi connectivity index (χ3v) is 4.75. The van der Waals surface area contributed by atoms with Crippen LogP contribution >= 0.6 is 11.8 Å². The van der Waals surface area contributed by atoms with Crippen molar-refractivity contribution < 1.29 is 9.59 Å². The standard InChI is InChI=1S/C16H23N3O2S/c1-2-12-3-5-13(6-4-12)14-9-18-7-8-19(14)16(21)11-22-10-15(17)20/h3-6,14,18H,2,7-11H2,1H3,(H2,17,20). The monoisotopic (exact) mass is 321 g/mol. The molecule has 0 saturated carbocycles. The van der Waals surface area contributed by atoms with Crippen molar-refractivity contribution >= 4 is 23.6 Å². The number of thioether (sulfide) groups is 1. The lowest BCUT2D eigenvalue weighted by atomic mass is 10.0. The second-order valence-electron chi connectivity index (χ2n) is 5.36. The van der Waals surface area contributed by atoms with Gasteiger partial charge in [-0.3, -0.25) is 9.59 Å². The van der Waals surface area contributed by atoms with Gasteiger partial charge in [-0.2, -0.15) is 0 Å². The van der Waals surface area contributed by atoms with E-state index in [0.29, 0.717) is 12.3 Å². The average Bonchev–Trinajstić information content (AvgIpc) is 2.54. The third kappa shape index (κ3) is 4.48. The normalized spacial score (nSPS) is 18.2. The Morgan fingerprint density at radius 3 is 2.68 bits per heavy atom. The molecule has 120 valence electrons. The van der Waals surface area contributed by atoms with Gasteiger partial charge in [0.1, 0.15) is 0 Å². The quantitative estimate of drug-likeness (QED) is 0.818. The molecule has 0 bridgehead atoms. The molecule has 22 heavy (non-hydrogen) atoms. The molecule has 6 heteroatoms. The lowest BCUT2D eigenvalue weighted by Gasteiger charge is -2.36. The first-order valence-electron chi connectivity index (χ1n) is 7.57. The van der Waals surface area contributed by atoms with Crippen molar-refractivity contribution in [2.45, 2.75) is 19.4 Å². The van der Waals surface area contributed by atoms with Crippen molar-refractivity contribution in [2.75, 3.05) is 31.1 Å². The van der Waals surface area contributed by atoms with Crippen molar-refractivity contribution in [3.05, 3.63) is 35.4 Å². The highest BCUT2D eigenvalue weighted by Gasteiger charge is 2.27. The van der Waals surface area contributed by atoms with Crippen LogP contribution in [0.4, 0.5) is 0 Å². The van der Waals surface area contributed by atoms with E-state index in [1.54, 1.807) is 0 Å². The van der Waals surface area contributed by atoms with E-state index in [0.717, 1.165) is 25.1 Å². The van der Waals surface area contributed by atoms with Gasteiger partial charge in [0.2, 0.25) is 11.8 Å². The minimum atomic E-state index is -0.384. The molecule has 1 atom stereocenters. The Balaban J connectivity index is 2.03. The molecule has 1 aromatic carbocycles. The number of amides is 2. The summed E-state index contributed by atoms with van der Waals surface area (Å²) in [6.45, 7) is 4.38. The van der Waals surface area contributed by atoms with Crippen LogP contribution in [0.15, 0.2) is 24.3 Å². The molecule has 0 radical (unpaired) electrons. The maximum absolute atomic E-state index is 12.4. The van der Waals surface area contributed by atoms with E-state index in [1.165, 1.54) is 17.3 Å². The highest BCUT2D eigenvalue weighted by atomic mass is 32.2. The average molecular weight is 321 g/mol. The largest absolute Gasteiger partial charge is 0.369 e. The number of nitrogens with one attached hydrogen (secondary N) is 1. The summed E-state index contributed by atoms with van der Waals surface area (Å²) in [5.74, 6) is 0.169. The molecule has 2 rings (SSSR count). The van der Waals surface area contributed by atoms with E-state index in [1.807, 2.05) is 4.90 Å². The minimum Gasteiger partial charge on any atom is -0.369 e. The summed E-state index contributed by atoms with van der Waals surface area (Å²) in [6, 6.07) is 8.50. The van der Waals surface area contributed by atoms with E-state index in [9.17, 15) is 9.59 Å². The lowest BCUT2D eigenvalue weighted by molar-refractivity contribution is -0.131. The summed E-state index contributed by atoms with van der Waals surface area (Å²) in [4.78, 5) is 25.1. The van der Waals surface area contributed by atoms with Crippen LogP contribution < -0.4 is 11.1 Å². The first kappa shape index (κ1) is 16.8. The number of aryl methyl sites for hydroxylation is 1. The number of benzene rings is 1. The molecule has 1 aliphatic rings. The van der Waals surface area contributed by atoms with Gasteiger partial charge in [-0.1, -0.05) is 31.2 Å². The molecule has 1 aromatic rings. The molecule has 2 amide bonds. The fourth-order valence-corrected chi connectivity index (χ4v) is 3.24. The highest BCUT2D eigenvalue weighted by Crippen LogP contribution is 2.23. The Hall–Kier alpha value is -1.53. The summed E-state index contributed by atoms with van der Waals surface area (Å²) in [6.07, 6.45) is 1.01. The molecule has 1 unspecified atom stereocenters. The van der Waals surface area contributed by atoms with Gasteiger partial charge in [0, 0.05) is 19.6 Å². The zero-order valence-corrected chi connectivity index (χ0v) is 13.7. The number of carbonyl (C=O) groups is 2. The fourth-order valence-electron chi connectivity index (χ4n) is 2.60. The SMILES string of the molecule is CCc1ccc(C2CNCCN2C(=O)CSCC(N)=O)cc1. The van der Waals surface area contributed by atoms with Crippen molar-refractivity contribution in [1.82, 2.24) is 10.2 Å². The fraction of sp³-hybridized carbons (Fsp3) is 0.500. The topological polar surface area (TPSA) is 75.4 Å². The summed E-state index contributed by atoms with van der Waals surface area (Å²) in [5.41, 5.74) is 7.55. The molecule has 0 spiro atoms. The molecule has 1 heterocycles. The van der Waals surface area contributed by atoms with E-state index in [2.05, 4.69) is 36.5 Å². The van der Waals surface area contributed by atoms with E-state index in [4.69, 9.17) is 5.73 Å². The summed E-state index contributed by atoms with van der Waals surface area (Å²) in [5, 5.41) is 3.35. The Labute approximate surface area is 135 Å². The van der Waals surface area contributed by atoms with Crippen molar-refractivity contribution in [3.63, 3.8) is 0 Å². The van der Waals surface area contributed by atoms with Crippen LogP contribution in [0.2, 0.25) is 0 Å². The number of hydrogen-bond donors (Lipinski definition) is 2. The Kier molecular flexibility index (Phi) is 6.27. The molecule has 1 saturated heterocycles. The van der Waals surface area contributed by atoms with E-state index >= 15 is 0 Å². The van der Waals surface area contributed by atoms with Gasteiger partial charge in [0.15, 0.2) is 0 Å². The number of rotatable bonds is 6.